The van der Waals surface area contributed by atoms with Gasteiger partial charge in [-0.15, -0.1) is 0 Å². The molecule has 2 aromatic rings. The summed E-state index contributed by atoms with van der Waals surface area (Å²) in [7, 11) is 0. The number of rotatable bonds is 4. The van der Waals surface area contributed by atoms with Crippen molar-refractivity contribution in [2.24, 2.45) is 5.92 Å². The van der Waals surface area contributed by atoms with Gasteiger partial charge in [0.25, 0.3) is 0 Å². The SMILES string of the molecule is CC(=O)Oc1ccc(N2C(=O)CC(Sc3nc4c(cc3C#N)CC(C)CC4)C2=O)cc1. The molecule has 4 rings (SSSR count). The van der Waals surface area contributed by atoms with Gasteiger partial charge in [0, 0.05) is 19.0 Å². The molecule has 2 heterocycles. The molecule has 0 radical (unpaired) electrons. The molecule has 1 saturated heterocycles. The fraction of sp³-hybridized carbons (Fsp3) is 0.348. The monoisotopic (exact) mass is 435 g/mol. The Kier molecular flexibility index (Phi) is 5.79. The van der Waals surface area contributed by atoms with E-state index in [0.717, 1.165) is 35.4 Å². The molecule has 158 valence electrons. The minimum absolute atomic E-state index is 0.0376. The molecular weight excluding hydrogens is 414 g/mol. The van der Waals surface area contributed by atoms with E-state index in [9.17, 15) is 19.6 Å². The number of fused-ring (bicyclic) bond motifs is 1. The first-order valence-corrected chi connectivity index (χ1v) is 11.0. The third-order valence-corrected chi connectivity index (χ3v) is 6.62. The van der Waals surface area contributed by atoms with E-state index in [1.807, 2.05) is 6.07 Å². The maximum Gasteiger partial charge on any atom is 0.308 e. The van der Waals surface area contributed by atoms with Crippen molar-refractivity contribution in [3.05, 3.63) is 47.2 Å². The summed E-state index contributed by atoms with van der Waals surface area (Å²) in [5.74, 6) is -0.195. The van der Waals surface area contributed by atoms with E-state index in [1.165, 1.54) is 30.8 Å². The maximum atomic E-state index is 13.0. The number of thioether (sulfide) groups is 1. The predicted octanol–water partition coefficient (Wildman–Crippen LogP) is 3.43. The average molecular weight is 436 g/mol. The number of anilines is 1. The van der Waals surface area contributed by atoms with Gasteiger partial charge in [-0.3, -0.25) is 14.4 Å². The molecule has 8 heteroatoms. The van der Waals surface area contributed by atoms with Crippen molar-refractivity contribution >= 4 is 35.2 Å². The Bertz CT molecular complexity index is 1110. The summed E-state index contributed by atoms with van der Waals surface area (Å²) in [5, 5.41) is 9.46. The number of aromatic nitrogens is 1. The zero-order valence-corrected chi connectivity index (χ0v) is 18.1. The van der Waals surface area contributed by atoms with Crippen LogP contribution >= 0.6 is 11.8 Å². The zero-order chi connectivity index (χ0) is 22.1. The number of pyridine rings is 1. The molecule has 0 bridgehead atoms. The van der Waals surface area contributed by atoms with E-state index in [2.05, 4.69) is 18.0 Å². The summed E-state index contributed by atoms with van der Waals surface area (Å²) in [6.07, 6.45) is 2.85. The van der Waals surface area contributed by atoms with Gasteiger partial charge in [-0.1, -0.05) is 18.7 Å². The summed E-state index contributed by atoms with van der Waals surface area (Å²) >= 11 is 1.18. The second kappa shape index (κ2) is 8.52. The first-order chi connectivity index (χ1) is 14.9. The number of hydrogen-bond acceptors (Lipinski definition) is 7. The summed E-state index contributed by atoms with van der Waals surface area (Å²) in [5.41, 5.74) is 2.95. The summed E-state index contributed by atoms with van der Waals surface area (Å²) in [6, 6.07) is 10.3. The molecule has 1 aromatic heterocycles. The van der Waals surface area contributed by atoms with E-state index in [-0.39, 0.29) is 18.2 Å². The molecule has 1 fully saturated rings. The Labute approximate surface area is 184 Å². The van der Waals surface area contributed by atoms with Crippen molar-refractivity contribution in [2.75, 3.05) is 4.90 Å². The highest BCUT2D eigenvalue weighted by Crippen LogP contribution is 2.36. The van der Waals surface area contributed by atoms with Crippen LogP contribution in [0.2, 0.25) is 0 Å². The largest absolute Gasteiger partial charge is 0.427 e. The number of amides is 2. The van der Waals surface area contributed by atoms with E-state index < -0.39 is 11.2 Å². The molecule has 1 aliphatic carbocycles. The van der Waals surface area contributed by atoms with Crippen molar-refractivity contribution in [3.8, 4) is 11.8 Å². The highest BCUT2D eigenvalue weighted by molar-refractivity contribution is 8.00. The number of ether oxygens (including phenoxy) is 1. The quantitative estimate of drug-likeness (QED) is 0.412. The normalized spacial score (nSPS) is 20.4. The van der Waals surface area contributed by atoms with Gasteiger partial charge in [0.15, 0.2) is 0 Å². The highest BCUT2D eigenvalue weighted by atomic mass is 32.2. The van der Waals surface area contributed by atoms with Crippen molar-refractivity contribution in [1.29, 1.82) is 5.26 Å². The summed E-state index contributed by atoms with van der Waals surface area (Å²) in [6.45, 7) is 3.49. The number of nitrogens with zero attached hydrogens (tertiary/aromatic N) is 3. The van der Waals surface area contributed by atoms with Gasteiger partial charge in [0.2, 0.25) is 11.8 Å². The zero-order valence-electron chi connectivity index (χ0n) is 17.3. The molecule has 2 amide bonds. The molecule has 7 nitrogen and oxygen atoms in total. The molecule has 2 unspecified atom stereocenters. The van der Waals surface area contributed by atoms with Crippen LogP contribution in [0.3, 0.4) is 0 Å². The second-order valence-electron chi connectivity index (χ2n) is 7.87. The van der Waals surface area contributed by atoms with Crippen LogP contribution in [0, 0.1) is 17.2 Å². The highest BCUT2D eigenvalue weighted by Gasteiger charge is 2.41. The predicted molar refractivity (Wildman–Crippen MR) is 115 cm³/mol. The van der Waals surface area contributed by atoms with E-state index >= 15 is 0 Å². The lowest BCUT2D eigenvalue weighted by atomic mass is 9.87. The van der Waals surface area contributed by atoms with Crippen molar-refractivity contribution in [2.45, 2.75) is 49.8 Å². The Morgan fingerprint density at radius 1 is 1.26 bits per heavy atom. The Balaban J connectivity index is 1.55. The fourth-order valence-corrected chi connectivity index (χ4v) is 5.03. The summed E-state index contributed by atoms with van der Waals surface area (Å²) in [4.78, 5) is 42.5. The van der Waals surface area contributed by atoms with Crippen molar-refractivity contribution in [3.63, 3.8) is 0 Å². The van der Waals surface area contributed by atoms with Gasteiger partial charge >= 0.3 is 5.97 Å². The van der Waals surface area contributed by atoms with Gasteiger partial charge in [-0.25, -0.2) is 9.88 Å². The van der Waals surface area contributed by atoms with Gasteiger partial charge in [-0.2, -0.15) is 5.26 Å². The molecule has 0 N–H and O–H groups in total. The van der Waals surface area contributed by atoms with E-state index in [0.29, 0.717) is 27.9 Å². The topological polar surface area (TPSA) is 100 Å². The molecular formula is C23H21N3O4S. The minimum Gasteiger partial charge on any atom is -0.427 e. The van der Waals surface area contributed by atoms with E-state index in [4.69, 9.17) is 4.74 Å². The number of benzene rings is 1. The molecule has 1 aliphatic heterocycles. The smallest absolute Gasteiger partial charge is 0.308 e. The standard InChI is InChI=1S/C23H21N3O4S/c1-13-3-8-19-15(9-13)10-16(12-24)22(25-19)31-20-11-21(28)26(23(20)29)17-4-6-18(7-5-17)30-14(2)27/h4-7,10,13,20H,3,8-9,11H2,1-2H3. The van der Waals surface area contributed by atoms with Crippen LogP contribution in [0.4, 0.5) is 5.69 Å². The Hall–Kier alpha value is -3.18. The molecule has 2 aliphatic rings. The van der Waals surface area contributed by atoms with Crippen LogP contribution in [0.1, 0.15) is 43.5 Å². The maximum absolute atomic E-state index is 13.0. The van der Waals surface area contributed by atoms with Crippen LogP contribution in [0.25, 0.3) is 0 Å². The number of imide groups is 1. The number of aryl methyl sites for hydroxylation is 1. The lowest BCUT2D eigenvalue weighted by Crippen LogP contribution is -2.31. The van der Waals surface area contributed by atoms with Gasteiger partial charge in [-0.05, 0) is 61.1 Å². The van der Waals surface area contributed by atoms with Crippen molar-refractivity contribution < 1.29 is 19.1 Å². The first kappa shape index (κ1) is 21.1. The van der Waals surface area contributed by atoms with Crippen LogP contribution < -0.4 is 9.64 Å². The van der Waals surface area contributed by atoms with Crippen LogP contribution in [-0.4, -0.2) is 28.0 Å². The Morgan fingerprint density at radius 3 is 2.68 bits per heavy atom. The van der Waals surface area contributed by atoms with Gasteiger partial charge in [0.1, 0.15) is 16.8 Å². The van der Waals surface area contributed by atoms with E-state index in [1.54, 1.807) is 12.1 Å². The van der Waals surface area contributed by atoms with Crippen molar-refractivity contribution in [1.82, 2.24) is 4.98 Å². The van der Waals surface area contributed by atoms with Gasteiger partial charge in [0.05, 0.1) is 16.5 Å². The average Bonchev–Trinajstić information content (AvgIpc) is 3.01. The fourth-order valence-electron chi connectivity index (χ4n) is 3.93. The Morgan fingerprint density at radius 2 is 2.00 bits per heavy atom. The number of carbonyl (C=O) groups is 3. The molecule has 1 aromatic carbocycles. The van der Waals surface area contributed by atoms with Crippen LogP contribution in [-0.2, 0) is 27.2 Å². The van der Waals surface area contributed by atoms with Crippen LogP contribution in [0.15, 0.2) is 35.4 Å². The third-order valence-electron chi connectivity index (χ3n) is 5.43. The third kappa shape index (κ3) is 4.32. The number of esters is 1. The number of carbonyl (C=O) groups excluding carboxylic acids is 3. The number of hydrogen-bond donors (Lipinski definition) is 0. The molecule has 2 atom stereocenters. The lowest BCUT2D eigenvalue weighted by molar-refractivity contribution is -0.132. The molecule has 0 saturated carbocycles. The summed E-state index contributed by atoms with van der Waals surface area (Å²) < 4.78 is 4.99. The first-order valence-electron chi connectivity index (χ1n) is 10.1. The van der Waals surface area contributed by atoms with Crippen LogP contribution in [0.5, 0.6) is 5.75 Å². The molecule has 0 spiro atoms. The molecule has 31 heavy (non-hydrogen) atoms. The second-order valence-corrected chi connectivity index (χ2v) is 9.06. The van der Waals surface area contributed by atoms with Gasteiger partial charge < -0.3 is 4.74 Å². The number of nitriles is 1. The minimum atomic E-state index is -0.638. The lowest BCUT2D eigenvalue weighted by Gasteiger charge is -2.22.